The zero-order chi connectivity index (χ0) is 14.4. The lowest BCUT2D eigenvalue weighted by atomic mass is 9.98. The molecule has 0 aliphatic rings. The molecule has 0 saturated heterocycles. The Morgan fingerprint density at radius 1 is 0.900 bits per heavy atom. The third kappa shape index (κ3) is 4.12. The first-order chi connectivity index (χ1) is 9.66. The van der Waals surface area contributed by atoms with Gasteiger partial charge in [0, 0.05) is 0 Å². The highest BCUT2D eigenvalue weighted by Crippen LogP contribution is 2.20. The van der Waals surface area contributed by atoms with Crippen LogP contribution in [-0.2, 0) is 12.8 Å². The molecule has 106 valence electrons. The molecule has 1 heteroatoms. The molecule has 2 rings (SSSR count). The van der Waals surface area contributed by atoms with Crippen LogP contribution in [0.3, 0.4) is 0 Å². The average Bonchev–Trinajstić information content (AvgIpc) is 2.45. The molecule has 0 saturated carbocycles. The van der Waals surface area contributed by atoms with Crippen molar-refractivity contribution < 1.29 is 5.11 Å². The van der Waals surface area contributed by atoms with E-state index in [1.54, 1.807) is 6.07 Å². The van der Waals surface area contributed by atoms with Crippen molar-refractivity contribution in [2.45, 2.75) is 45.4 Å². The van der Waals surface area contributed by atoms with Crippen LogP contribution in [0.15, 0.2) is 48.5 Å². The number of phenols is 1. The molecule has 0 fully saturated rings. The second kappa shape index (κ2) is 7.14. The van der Waals surface area contributed by atoms with Gasteiger partial charge in [0.1, 0.15) is 5.75 Å². The van der Waals surface area contributed by atoms with Gasteiger partial charge in [0.05, 0.1) is 0 Å². The van der Waals surface area contributed by atoms with Crippen LogP contribution < -0.4 is 0 Å². The van der Waals surface area contributed by atoms with E-state index in [-0.39, 0.29) is 0 Å². The first-order valence-corrected chi connectivity index (χ1v) is 7.52. The number of unbranched alkanes of at least 4 members (excludes halogenated alkanes) is 1. The Morgan fingerprint density at radius 3 is 2.40 bits per heavy atom. The van der Waals surface area contributed by atoms with Crippen LogP contribution in [0.25, 0.3) is 0 Å². The Bertz CT molecular complexity index is 543. The van der Waals surface area contributed by atoms with Crippen molar-refractivity contribution in [1.82, 2.24) is 0 Å². The molecule has 0 aliphatic heterocycles. The maximum Gasteiger partial charge on any atom is 0.118 e. The molecule has 1 N–H and O–H groups in total. The molecule has 0 bridgehead atoms. The monoisotopic (exact) mass is 268 g/mol. The largest absolute Gasteiger partial charge is 0.508 e. The van der Waals surface area contributed by atoms with Crippen molar-refractivity contribution in [3.8, 4) is 5.75 Å². The van der Waals surface area contributed by atoms with E-state index in [9.17, 15) is 5.11 Å². The van der Waals surface area contributed by atoms with Crippen LogP contribution in [0.1, 0.15) is 49.3 Å². The third-order valence-electron chi connectivity index (χ3n) is 3.77. The maximum atomic E-state index is 9.72. The predicted molar refractivity (Wildman–Crippen MR) is 85.3 cm³/mol. The van der Waals surface area contributed by atoms with E-state index >= 15 is 0 Å². The lowest BCUT2D eigenvalue weighted by Crippen LogP contribution is -1.92. The first-order valence-electron chi connectivity index (χ1n) is 7.52. The lowest BCUT2D eigenvalue weighted by molar-refractivity contribution is 0.466. The van der Waals surface area contributed by atoms with Gasteiger partial charge in [0.2, 0.25) is 0 Å². The molecule has 1 nitrogen and oxygen atoms in total. The number of aryl methyl sites for hydroxylation is 2. The molecule has 0 spiro atoms. The van der Waals surface area contributed by atoms with Gasteiger partial charge in [-0.05, 0) is 54.4 Å². The van der Waals surface area contributed by atoms with Gasteiger partial charge in [-0.2, -0.15) is 0 Å². The summed E-state index contributed by atoms with van der Waals surface area (Å²) in [6, 6.07) is 16.5. The number of rotatable bonds is 6. The summed E-state index contributed by atoms with van der Waals surface area (Å²) in [5, 5.41) is 9.72. The standard InChI is InChI=1S/C19H24O/c1-15(2)18-12-7-9-16(14-18)8-3-4-10-17-11-5-6-13-19(17)20/h5-7,9,11-15,20H,3-4,8,10H2,1-2H3. The van der Waals surface area contributed by atoms with Gasteiger partial charge >= 0.3 is 0 Å². The Hall–Kier alpha value is -1.76. The Labute approximate surface area is 122 Å². The van der Waals surface area contributed by atoms with Crippen molar-refractivity contribution >= 4 is 0 Å². The summed E-state index contributed by atoms with van der Waals surface area (Å²) in [7, 11) is 0. The van der Waals surface area contributed by atoms with Crippen LogP contribution in [0.5, 0.6) is 5.75 Å². The molecule has 0 amide bonds. The smallest absolute Gasteiger partial charge is 0.118 e. The van der Waals surface area contributed by atoms with Crippen molar-refractivity contribution in [2.24, 2.45) is 0 Å². The van der Waals surface area contributed by atoms with E-state index in [0.29, 0.717) is 11.7 Å². The fourth-order valence-corrected chi connectivity index (χ4v) is 2.47. The van der Waals surface area contributed by atoms with Gasteiger partial charge in [-0.1, -0.05) is 56.3 Å². The molecule has 2 aromatic carbocycles. The fourth-order valence-electron chi connectivity index (χ4n) is 2.47. The second-order valence-corrected chi connectivity index (χ2v) is 5.74. The van der Waals surface area contributed by atoms with Crippen molar-refractivity contribution in [1.29, 1.82) is 0 Å². The summed E-state index contributed by atoms with van der Waals surface area (Å²) in [4.78, 5) is 0. The molecule has 20 heavy (non-hydrogen) atoms. The summed E-state index contributed by atoms with van der Waals surface area (Å²) < 4.78 is 0. The third-order valence-corrected chi connectivity index (χ3v) is 3.77. The normalized spacial score (nSPS) is 10.9. The number of para-hydroxylation sites is 1. The molecule has 2 aromatic rings. The van der Waals surface area contributed by atoms with E-state index in [2.05, 4.69) is 38.1 Å². The van der Waals surface area contributed by atoms with E-state index in [1.165, 1.54) is 11.1 Å². The molecule has 0 aliphatic carbocycles. The minimum absolute atomic E-state index is 0.425. The quantitative estimate of drug-likeness (QED) is 0.724. The Morgan fingerprint density at radius 2 is 1.65 bits per heavy atom. The number of aromatic hydroxyl groups is 1. The predicted octanol–water partition coefficient (Wildman–Crippen LogP) is 5.08. The number of benzene rings is 2. The van der Waals surface area contributed by atoms with Crippen molar-refractivity contribution in [3.05, 3.63) is 65.2 Å². The van der Waals surface area contributed by atoms with Crippen molar-refractivity contribution in [3.63, 3.8) is 0 Å². The van der Waals surface area contributed by atoms with Crippen LogP contribution in [-0.4, -0.2) is 5.11 Å². The Balaban J connectivity index is 1.82. The average molecular weight is 268 g/mol. The van der Waals surface area contributed by atoms with E-state index < -0.39 is 0 Å². The number of hydrogen-bond acceptors (Lipinski definition) is 1. The topological polar surface area (TPSA) is 20.2 Å². The zero-order valence-corrected chi connectivity index (χ0v) is 12.5. The number of hydrogen-bond donors (Lipinski definition) is 1. The van der Waals surface area contributed by atoms with Gasteiger partial charge in [-0.25, -0.2) is 0 Å². The SMILES string of the molecule is CC(C)c1cccc(CCCCc2ccccc2O)c1. The van der Waals surface area contributed by atoms with Gasteiger partial charge in [-0.15, -0.1) is 0 Å². The lowest BCUT2D eigenvalue weighted by Gasteiger charge is -2.08. The maximum absolute atomic E-state index is 9.72. The molecule has 0 radical (unpaired) electrons. The molecular weight excluding hydrogens is 244 g/mol. The highest BCUT2D eigenvalue weighted by atomic mass is 16.3. The zero-order valence-electron chi connectivity index (χ0n) is 12.5. The first kappa shape index (κ1) is 14.6. The van der Waals surface area contributed by atoms with E-state index in [1.807, 2.05) is 18.2 Å². The second-order valence-electron chi connectivity index (χ2n) is 5.74. The highest BCUT2D eigenvalue weighted by molar-refractivity contribution is 5.31. The van der Waals surface area contributed by atoms with Crippen LogP contribution in [0.4, 0.5) is 0 Å². The summed E-state index contributed by atoms with van der Waals surface area (Å²) in [5.41, 5.74) is 3.90. The number of phenolic OH excluding ortho intramolecular Hbond substituents is 1. The van der Waals surface area contributed by atoms with Crippen molar-refractivity contribution in [2.75, 3.05) is 0 Å². The Kier molecular flexibility index (Phi) is 5.23. The van der Waals surface area contributed by atoms with Gasteiger partial charge in [-0.3, -0.25) is 0 Å². The molecule has 0 aromatic heterocycles. The van der Waals surface area contributed by atoms with Crippen LogP contribution in [0, 0.1) is 0 Å². The highest BCUT2D eigenvalue weighted by Gasteiger charge is 2.02. The van der Waals surface area contributed by atoms with Gasteiger partial charge in [0.25, 0.3) is 0 Å². The molecule has 0 heterocycles. The molecular formula is C19H24O. The summed E-state index contributed by atoms with van der Waals surface area (Å²) >= 11 is 0. The summed E-state index contributed by atoms with van der Waals surface area (Å²) in [6.45, 7) is 4.47. The summed E-state index contributed by atoms with van der Waals surface area (Å²) in [6.07, 6.45) is 4.35. The fraction of sp³-hybridized carbons (Fsp3) is 0.368. The van der Waals surface area contributed by atoms with Gasteiger partial charge < -0.3 is 5.11 Å². The van der Waals surface area contributed by atoms with Crippen LogP contribution >= 0.6 is 0 Å². The minimum Gasteiger partial charge on any atom is -0.508 e. The molecule has 0 unspecified atom stereocenters. The minimum atomic E-state index is 0.425. The summed E-state index contributed by atoms with van der Waals surface area (Å²) in [5.74, 6) is 1.02. The molecule has 0 atom stereocenters. The van der Waals surface area contributed by atoms with Crippen LogP contribution in [0.2, 0.25) is 0 Å². The van der Waals surface area contributed by atoms with Gasteiger partial charge in [0.15, 0.2) is 0 Å². The van der Waals surface area contributed by atoms with E-state index in [0.717, 1.165) is 31.2 Å². The van der Waals surface area contributed by atoms with E-state index in [4.69, 9.17) is 0 Å².